The van der Waals surface area contributed by atoms with Crippen LogP contribution in [0.5, 0.6) is 0 Å². The molecule has 6 heteroatoms. The number of aliphatic hydroxyl groups is 1. The summed E-state index contributed by atoms with van der Waals surface area (Å²) in [5.41, 5.74) is 9.19. The molecule has 2 aromatic rings. The van der Waals surface area contributed by atoms with E-state index in [1.807, 2.05) is 0 Å². The van der Waals surface area contributed by atoms with E-state index in [1.165, 1.54) is 35.7 Å². The van der Waals surface area contributed by atoms with Crippen LogP contribution in [0.4, 0.5) is 8.78 Å². The first kappa shape index (κ1) is 25.9. The molecule has 0 saturated heterocycles. The Bertz CT molecular complexity index is 862. The Morgan fingerprint density at radius 3 is 2.44 bits per heavy atom. The highest BCUT2D eigenvalue weighted by molar-refractivity contribution is 5.70. The predicted molar refractivity (Wildman–Crippen MR) is 124 cm³/mol. The number of amides is 1. The van der Waals surface area contributed by atoms with Crippen LogP contribution in [0.2, 0.25) is 0 Å². The van der Waals surface area contributed by atoms with Crippen LogP contribution in [-0.2, 0) is 24.1 Å². The summed E-state index contributed by atoms with van der Waals surface area (Å²) < 4.78 is 26.6. The maximum absolute atomic E-state index is 13.3. The summed E-state index contributed by atoms with van der Waals surface area (Å²) in [4.78, 5) is 9.22. The molecule has 2 aromatic carbocycles. The number of aryl methyl sites for hydroxylation is 2. The van der Waals surface area contributed by atoms with Crippen LogP contribution in [0.25, 0.3) is 0 Å². The average Bonchev–Trinajstić information content (AvgIpc) is 2.69. The van der Waals surface area contributed by atoms with Gasteiger partial charge < -0.3 is 16.2 Å². The van der Waals surface area contributed by atoms with Crippen molar-refractivity contribution < 1.29 is 18.7 Å². The quantitative estimate of drug-likeness (QED) is 0.554. The largest absolute Gasteiger partial charge is 0.392 e. The highest BCUT2D eigenvalue weighted by atomic mass is 19.1. The topological polar surface area (TPSA) is 75.3 Å². The van der Waals surface area contributed by atoms with Crippen LogP contribution in [0.3, 0.4) is 0 Å². The predicted octanol–water partition coefficient (Wildman–Crippen LogP) is 4.62. The summed E-state index contributed by atoms with van der Waals surface area (Å²) >= 11 is 0. The van der Waals surface area contributed by atoms with Gasteiger partial charge in [-0.05, 0) is 78.8 Å². The van der Waals surface area contributed by atoms with Crippen LogP contribution >= 0.6 is 0 Å². The minimum Gasteiger partial charge on any atom is -0.392 e. The third kappa shape index (κ3) is 9.05. The van der Waals surface area contributed by atoms with Crippen LogP contribution in [0.15, 0.2) is 36.4 Å². The van der Waals surface area contributed by atoms with Crippen molar-refractivity contribution in [3.8, 4) is 0 Å². The number of halogens is 2. The Hall–Kier alpha value is -2.31. The number of nitrogens with two attached hydrogens (primary N) is 1. The molecule has 4 nitrogen and oxygen atoms in total. The molecule has 1 amide bonds. The molecule has 0 spiro atoms. The summed E-state index contributed by atoms with van der Waals surface area (Å²) in [5.74, 6) is -0.847. The number of hydrogen-bond donors (Lipinski definition) is 3. The lowest BCUT2D eigenvalue weighted by Crippen LogP contribution is -2.32. The SMILES string of the molecule is CC(C)Cc1ccc2c(c1)[C@@H](NC[C@@H](O)CCc1cc(F)cc(F)c1)CCC2.CC(N)=O. The number of fused-ring (bicyclic) bond motifs is 1. The van der Waals surface area contributed by atoms with E-state index in [9.17, 15) is 18.7 Å². The summed E-state index contributed by atoms with van der Waals surface area (Å²) in [6.45, 7) is 6.25. The van der Waals surface area contributed by atoms with E-state index in [0.29, 0.717) is 30.9 Å². The molecule has 1 aliphatic carbocycles. The summed E-state index contributed by atoms with van der Waals surface area (Å²) in [7, 11) is 0. The van der Waals surface area contributed by atoms with Gasteiger partial charge in [-0.2, -0.15) is 0 Å². The molecule has 0 bridgehead atoms. The van der Waals surface area contributed by atoms with Gasteiger partial charge in [0, 0.05) is 25.6 Å². The maximum Gasteiger partial charge on any atom is 0.214 e. The van der Waals surface area contributed by atoms with E-state index in [2.05, 4.69) is 43.1 Å². The second-order valence-electron chi connectivity index (χ2n) is 9.07. The molecule has 2 atom stereocenters. The molecule has 1 aliphatic rings. The first-order chi connectivity index (χ1) is 15.1. The molecular weight excluding hydrogens is 410 g/mol. The first-order valence-electron chi connectivity index (χ1n) is 11.4. The van der Waals surface area contributed by atoms with Gasteiger partial charge in [0.05, 0.1) is 6.10 Å². The minimum atomic E-state index is -0.571. The van der Waals surface area contributed by atoms with Gasteiger partial charge in [0.1, 0.15) is 11.6 Å². The van der Waals surface area contributed by atoms with Crippen molar-refractivity contribution in [1.82, 2.24) is 5.32 Å². The van der Waals surface area contributed by atoms with Crippen molar-refractivity contribution in [2.45, 2.75) is 71.4 Å². The van der Waals surface area contributed by atoms with Gasteiger partial charge in [0.25, 0.3) is 0 Å². The fourth-order valence-electron chi connectivity index (χ4n) is 4.13. The molecule has 32 heavy (non-hydrogen) atoms. The highest BCUT2D eigenvalue weighted by Crippen LogP contribution is 2.31. The van der Waals surface area contributed by atoms with E-state index in [4.69, 9.17) is 0 Å². The molecule has 4 N–H and O–H groups in total. The van der Waals surface area contributed by atoms with Crippen LogP contribution in [-0.4, -0.2) is 23.7 Å². The van der Waals surface area contributed by atoms with E-state index in [1.54, 1.807) is 0 Å². The summed E-state index contributed by atoms with van der Waals surface area (Å²) in [6, 6.07) is 10.6. The zero-order valence-electron chi connectivity index (χ0n) is 19.3. The van der Waals surface area contributed by atoms with Gasteiger partial charge in [0.2, 0.25) is 5.91 Å². The lowest BCUT2D eigenvalue weighted by molar-refractivity contribution is -0.115. The molecule has 0 unspecified atom stereocenters. The number of benzene rings is 2. The molecular formula is C26H36F2N2O2. The molecule has 0 heterocycles. The standard InChI is InChI=1S/C24H31F2NO.C2H5NO/c1-16(2)10-17-6-8-19-4-3-5-24(23(19)13-17)27-15-22(28)9-7-18-11-20(25)14-21(26)12-18;1-2(3)4/h6,8,11-14,16,22,24,27-28H,3-5,7,9-10,15H2,1-2H3;1H3,(H2,3,4)/t22-,24-;/m0./s1. The Morgan fingerprint density at radius 1 is 1.16 bits per heavy atom. The normalized spacial score (nSPS) is 16.2. The van der Waals surface area contributed by atoms with Crippen LogP contribution in [0.1, 0.15) is 68.3 Å². The van der Waals surface area contributed by atoms with Crippen LogP contribution < -0.4 is 11.1 Å². The first-order valence-corrected chi connectivity index (χ1v) is 11.4. The van der Waals surface area contributed by atoms with E-state index >= 15 is 0 Å². The van der Waals surface area contributed by atoms with Gasteiger partial charge in [-0.15, -0.1) is 0 Å². The third-order valence-electron chi connectivity index (χ3n) is 5.46. The number of carbonyl (C=O) groups is 1. The lowest BCUT2D eigenvalue weighted by atomic mass is 9.85. The lowest BCUT2D eigenvalue weighted by Gasteiger charge is -2.28. The number of aliphatic hydroxyl groups excluding tert-OH is 1. The summed E-state index contributed by atoms with van der Waals surface area (Å²) in [6.07, 6.45) is 4.79. The summed E-state index contributed by atoms with van der Waals surface area (Å²) in [5, 5.41) is 13.9. The van der Waals surface area contributed by atoms with Gasteiger partial charge >= 0.3 is 0 Å². The Morgan fingerprint density at radius 2 is 1.81 bits per heavy atom. The van der Waals surface area contributed by atoms with Crippen molar-refractivity contribution in [2.24, 2.45) is 11.7 Å². The van der Waals surface area contributed by atoms with Gasteiger partial charge in [-0.1, -0.05) is 32.0 Å². The van der Waals surface area contributed by atoms with Crippen molar-refractivity contribution in [3.05, 3.63) is 70.3 Å². The second-order valence-corrected chi connectivity index (χ2v) is 9.07. The Labute approximate surface area is 190 Å². The molecule has 0 radical (unpaired) electrons. The number of hydrogen-bond acceptors (Lipinski definition) is 3. The van der Waals surface area contributed by atoms with E-state index in [-0.39, 0.29) is 11.9 Å². The van der Waals surface area contributed by atoms with E-state index < -0.39 is 17.7 Å². The monoisotopic (exact) mass is 446 g/mol. The molecule has 0 saturated carbocycles. The van der Waals surface area contributed by atoms with Crippen LogP contribution in [0, 0.1) is 17.6 Å². The number of primary amides is 1. The fraction of sp³-hybridized carbons (Fsp3) is 0.500. The van der Waals surface area contributed by atoms with E-state index in [0.717, 1.165) is 31.7 Å². The zero-order chi connectivity index (χ0) is 23.7. The third-order valence-corrected chi connectivity index (χ3v) is 5.46. The van der Waals surface area contributed by atoms with Crippen molar-refractivity contribution >= 4 is 5.91 Å². The fourth-order valence-corrected chi connectivity index (χ4v) is 4.13. The van der Waals surface area contributed by atoms with Crippen molar-refractivity contribution in [2.75, 3.05) is 6.54 Å². The number of rotatable bonds is 8. The van der Waals surface area contributed by atoms with Gasteiger partial charge in [0.15, 0.2) is 0 Å². The second kappa shape index (κ2) is 12.7. The van der Waals surface area contributed by atoms with Gasteiger partial charge in [-0.3, -0.25) is 4.79 Å². The zero-order valence-corrected chi connectivity index (χ0v) is 19.3. The van der Waals surface area contributed by atoms with Crippen molar-refractivity contribution in [3.63, 3.8) is 0 Å². The Balaban J connectivity index is 0.000000837. The molecule has 0 fully saturated rings. The molecule has 176 valence electrons. The molecule has 0 aromatic heterocycles. The minimum absolute atomic E-state index is 0.261. The highest BCUT2D eigenvalue weighted by Gasteiger charge is 2.21. The average molecular weight is 447 g/mol. The number of carbonyl (C=O) groups excluding carboxylic acids is 1. The van der Waals surface area contributed by atoms with Crippen molar-refractivity contribution in [1.29, 1.82) is 0 Å². The Kier molecular flexibility index (Phi) is 10.3. The molecule has 3 rings (SSSR count). The smallest absolute Gasteiger partial charge is 0.214 e. The molecule has 0 aliphatic heterocycles. The number of nitrogens with one attached hydrogen (secondary N) is 1. The van der Waals surface area contributed by atoms with Gasteiger partial charge in [-0.25, -0.2) is 8.78 Å². The maximum atomic E-state index is 13.3.